The summed E-state index contributed by atoms with van der Waals surface area (Å²) < 4.78 is 19.1. The molecule has 0 radical (unpaired) electrons. The maximum atomic E-state index is 14.2. The van der Waals surface area contributed by atoms with Crippen LogP contribution in [-0.2, 0) is 4.79 Å². The zero-order valence-corrected chi connectivity index (χ0v) is 18.9. The van der Waals surface area contributed by atoms with Crippen molar-refractivity contribution in [3.8, 4) is 5.75 Å². The lowest BCUT2D eigenvalue weighted by molar-refractivity contribution is -0.123. The molecule has 2 aliphatic heterocycles. The lowest BCUT2D eigenvalue weighted by Crippen LogP contribution is -2.44. The van der Waals surface area contributed by atoms with Crippen LogP contribution in [0.2, 0.25) is 0 Å². The normalized spacial score (nSPS) is 21.2. The summed E-state index contributed by atoms with van der Waals surface area (Å²) in [5.41, 5.74) is 0.469. The van der Waals surface area contributed by atoms with Gasteiger partial charge < -0.3 is 31.3 Å². The van der Waals surface area contributed by atoms with Crippen LogP contribution in [0, 0.1) is 5.82 Å². The Labute approximate surface area is 192 Å². The van der Waals surface area contributed by atoms with Crippen molar-refractivity contribution in [2.24, 2.45) is 0 Å². The van der Waals surface area contributed by atoms with E-state index in [-0.39, 0.29) is 29.6 Å². The number of amides is 1. The average molecular weight is 459 g/mol. The van der Waals surface area contributed by atoms with Crippen molar-refractivity contribution < 1.29 is 13.9 Å². The molecule has 1 aromatic heterocycles. The van der Waals surface area contributed by atoms with Crippen LogP contribution in [0.15, 0.2) is 18.2 Å². The largest absolute Gasteiger partial charge is 0.494 e. The maximum Gasteiger partial charge on any atom is 0.242 e. The fourth-order valence-corrected chi connectivity index (χ4v) is 4.21. The van der Waals surface area contributed by atoms with Crippen molar-refractivity contribution in [2.45, 2.75) is 57.2 Å². The van der Waals surface area contributed by atoms with Crippen LogP contribution in [0.4, 0.5) is 27.9 Å². The monoisotopic (exact) mass is 458 g/mol. The van der Waals surface area contributed by atoms with Crippen molar-refractivity contribution in [1.29, 1.82) is 0 Å². The number of carbonyl (C=O) groups is 1. The van der Waals surface area contributed by atoms with Crippen LogP contribution in [0.5, 0.6) is 5.75 Å². The van der Waals surface area contributed by atoms with Gasteiger partial charge in [-0.25, -0.2) is 4.39 Å². The number of benzene rings is 1. The summed E-state index contributed by atoms with van der Waals surface area (Å²) >= 11 is 0. The summed E-state index contributed by atoms with van der Waals surface area (Å²) in [7, 11) is 1.41. The van der Waals surface area contributed by atoms with E-state index in [0.29, 0.717) is 30.6 Å². The Bertz CT molecular complexity index is 969. The predicted molar refractivity (Wildman–Crippen MR) is 124 cm³/mol. The smallest absolute Gasteiger partial charge is 0.242 e. The fourth-order valence-electron chi connectivity index (χ4n) is 4.21. The summed E-state index contributed by atoms with van der Waals surface area (Å²) in [4.78, 5) is 25.7. The van der Waals surface area contributed by atoms with E-state index >= 15 is 0 Å². The number of ether oxygens (including phenoxy) is 1. The Kier molecular flexibility index (Phi) is 7.38. The number of aromatic nitrogens is 3. The van der Waals surface area contributed by atoms with Crippen LogP contribution in [0.1, 0.15) is 39.0 Å². The van der Waals surface area contributed by atoms with E-state index in [1.165, 1.54) is 19.2 Å². The lowest BCUT2D eigenvalue weighted by Gasteiger charge is -2.25. The van der Waals surface area contributed by atoms with Gasteiger partial charge in [0, 0.05) is 30.4 Å². The number of hydrogen-bond acceptors (Lipinski definition) is 9. The SMILES string of the molecule is CCC(Nc1nc(Nc2ccc(OC)c(F)c2)nc(NC2CCCNC2=O)n1)C1CCCN1. The van der Waals surface area contributed by atoms with Crippen molar-refractivity contribution in [2.75, 3.05) is 36.1 Å². The van der Waals surface area contributed by atoms with Gasteiger partial charge in [-0.15, -0.1) is 0 Å². The highest BCUT2D eigenvalue weighted by Gasteiger charge is 2.26. The standard InChI is InChI=1S/C22H31FN8O2/c1-3-15(16-6-4-10-24-16)27-21-29-20(26-13-8-9-18(33-2)14(23)12-13)30-22(31-21)28-17-7-5-11-25-19(17)32/h8-9,12,15-17,24H,3-7,10-11H2,1-2H3,(H,25,32)(H3,26,27,28,29,30,31). The predicted octanol–water partition coefficient (Wildman–Crippen LogP) is 2.40. The van der Waals surface area contributed by atoms with Crippen LogP contribution < -0.4 is 31.3 Å². The number of nitrogens with one attached hydrogen (secondary N) is 5. The second kappa shape index (κ2) is 10.6. The van der Waals surface area contributed by atoms with Gasteiger partial charge in [-0.3, -0.25) is 4.79 Å². The van der Waals surface area contributed by atoms with Gasteiger partial charge in [0.2, 0.25) is 23.8 Å². The third-order valence-corrected chi connectivity index (χ3v) is 5.97. The molecule has 5 N–H and O–H groups in total. The molecule has 2 fully saturated rings. The number of anilines is 4. The van der Waals surface area contributed by atoms with Gasteiger partial charge >= 0.3 is 0 Å². The quantitative estimate of drug-likeness (QED) is 0.385. The van der Waals surface area contributed by atoms with Crippen LogP contribution in [0.25, 0.3) is 0 Å². The second-order valence-corrected chi connectivity index (χ2v) is 8.27. The maximum absolute atomic E-state index is 14.2. The molecule has 1 amide bonds. The van der Waals surface area contributed by atoms with E-state index < -0.39 is 11.9 Å². The molecule has 2 aromatic rings. The molecule has 3 heterocycles. The zero-order chi connectivity index (χ0) is 23.2. The van der Waals surface area contributed by atoms with E-state index in [1.807, 2.05) is 0 Å². The number of rotatable bonds is 9. The molecule has 2 saturated heterocycles. The van der Waals surface area contributed by atoms with Crippen molar-refractivity contribution in [3.63, 3.8) is 0 Å². The van der Waals surface area contributed by atoms with Crippen LogP contribution in [-0.4, -0.2) is 59.2 Å². The molecule has 2 aliphatic rings. The molecule has 33 heavy (non-hydrogen) atoms. The number of halogens is 1. The molecular weight excluding hydrogens is 427 g/mol. The molecule has 3 atom stereocenters. The minimum Gasteiger partial charge on any atom is -0.494 e. The highest BCUT2D eigenvalue weighted by atomic mass is 19.1. The molecule has 0 bridgehead atoms. The first kappa shape index (κ1) is 23.0. The van der Waals surface area contributed by atoms with E-state index in [4.69, 9.17) is 4.74 Å². The summed E-state index contributed by atoms with van der Waals surface area (Å²) in [6.45, 7) is 3.78. The zero-order valence-electron chi connectivity index (χ0n) is 18.9. The van der Waals surface area contributed by atoms with Gasteiger partial charge in [-0.1, -0.05) is 6.92 Å². The van der Waals surface area contributed by atoms with E-state index in [2.05, 4.69) is 48.5 Å². The van der Waals surface area contributed by atoms with Gasteiger partial charge in [0.15, 0.2) is 11.6 Å². The first-order chi connectivity index (χ1) is 16.1. The summed E-state index contributed by atoms with van der Waals surface area (Å²) in [5, 5.41) is 15.9. The van der Waals surface area contributed by atoms with Gasteiger partial charge in [0.25, 0.3) is 0 Å². The highest BCUT2D eigenvalue weighted by molar-refractivity contribution is 5.84. The van der Waals surface area contributed by atoms with E-state index in [0.717, 1.165) is 32.2 Å². The number of carbonyl (C=O) groups excluding carboxylic acids is 1. The molecule has 0 aliphatic carbocycles. The summed E-state index contributed by atoms with van der Waals surface area (Å²) in [5.74, 6) is 0.486. The molecule has 1 aromatic carbocycles. The van der Waals surface area contributed by atoms with Gasteiger partial charge in [-0.2, -0.15) is 15.0 Å². The molecule has 0 spiro atoms. The Hall–Kier alpha value is -3.21. The topological polar surface area (TPSA) is 125 Å². The second-order valence-electron chi connectivity index (χ2n) is 8.27. The van der Waals surface area contributed by atoms with Crippen molar-refractivity contribution >= 4 is 29.4 Å². The number of methoxy groups -OCH3 is 1. The fraction of sp³-hybridized carbons (Fsp3) is 0.545. The molecule has 178 valence electrons. The van der Waals surface area contributed by atoms with Crippen LogP contribution >= 0.6 is 0 Å². The average Bonchev–Trinajstić information content (AvgIpc) is 3.34. The summed E-state index contributed by atoms with van der Waals surface area (Å²) in [6.07, 6.45) is 4.68. The van der Waals surface area contributed by atoms with E-state index in [9.17, 15) is 9.18 Å². The molecular formula is C22H31FN8O2. The number of hydrogen-bond donors (Lipinski definition) is 5. The highest BCUT2D eigenvalue weighted by Crippen LogP contribution is 2.24. The third kappa shape index (κ3) is 5.78. The van der Waals surface area contributed by atoms with Crippen molar-refractivity contribution in [1.82, 2.24) is 25.6 Å². The Morgan fingerprint density at radius 3 is 2.64 bits per heavy atom. The minimum absolute atomic E-state index is 0.0792. The number of piperidine rings is 1. The Morgan fingerprint density at radius 2 is 1.94 bits per heavy atom. The lowest BCUT2D eigenvalue weighted by atomic mass is 10.0. The Morgan fingerprint density at radius 1 is 1.15 bits per heavy atom. The van der Waals surface area contributed by atoms with Crippen LogP contribution in [0.3, 0.4) is 0 Å². The van der Waals surface area contributed by atoms with Gasteiger partial charge in [0.1, 0.15) is 6.04 Å². The summed E-state index contributed by atoms with van der Waals surface area (Å²) in [6, 6.07) is 4.58. The first-order valence-corrected chi connectivity index (χ1v) is 11.5. The molecule has 10 nitrogen and oxygen atoms in total. The molecule has 4 rings (SSSR count). The molecule has 0 saturated carbocycles. The van der Waals surface area contributed by atoms with E-state index in [1.54, 1.807) is 6.07 Å². The first-order valence-electron chi connectivity index (χ1n) is 11.5. The van der Waals surface area contributed by atoms with Gasteiger partial charge in [0.05, 0.1) is 7.11 Å². The number of nitrogens with zero attached hydrogens (tertiary/aromatic N) is 3. The third-order valence-electron chi connectivity index (χ3n) is 5.97. The van der Waals surface area contributed by atoms with Gasteiger partial charge in [-0.05, 0) is 50.8 Å². The minimum atomic E-state index is -0.495. The molecule has 11 heteroatoms. The van der Waals surface area contributed by atoms with Crippen molar-refractivity contribution in [3.05, 3.63) is 24.0 Å². The molecule has 3 unspecified atom stereocenters. The Balaban J connectivity index is 1.58.